The SMILES string of the molecule is O=C(CN1CCOCC1)Nc1ccc(NC(=O)c2sc(-c3ccccc3)nc2-c2ccccc2)cc1. The van der Waals surface area contributed by atoms with Gasteiger partial charge in [0.2, 0.25) is 5.91 Å². The Morgan fingerprint density at radius 3 is 2.03 bits per heavy atom. The molecule has 8 heteroatoms. The number of aromatic nitrogens is 1. The zero-order chi connectivity index (χ0) is 24.7. The first-order valence-electron chi connectivity index (χ1n) is 11.8. The second-order valence-electron chi connectivity index (χ2n) is 8.40. The Balaban J connectivity index is 1.29. The van der Waals surface area contributed by atoms with E-state index in [1.165, 1.54) is 11.3 Å². The molecule has 1 aliphatic rings. The predicted octanol–water partition coefficient (Wildman–Crippen LogP) is 5.00. The van der Waals surface area contributed by atoms with Gasteiger partial charge in [-0.2, -0.15) is 0 Å². The summed E-state index contributed by atoms with van der Waals surface area (Å²) >= 11 is 1.37. The Labute approximate surface area is 213 Å². The van der Waals surface area contributed by atoms with E-state index in [4.69, 9.17) is 9.72 Å². The largest absolute Gasteiger partial charge is 0.379 e. The summed E-state index contributed by atoms with van der Waals surface area (Å²) in [6.45, 7) is 3.15. The van der Waals surface area contributed by atoms with Crippen molar-refractivity contribution in [1.82, 2.24) is 9.88 Å². The Bertz CT molecular complexity index is 1320. The van der Waals surface area contributed by atoms with Gasteiger partial charge in [0, 0.05) is 35.6 Å². The van der Waals surface area contributed by atoms with Crippen LogP contribution in [-0.2, 0) is 9.53 Å². The van der Waals surface area contributed by atoms with Crippen LogP contribution in [0.25, 0.3) is 21.8 Å². The summed E-state index contributed by atoms with van der Waals surface area (Å²) < 4.78 is 5.32. The van der Waals surface area contributed by atoms with Gasteiger partial charge in [-0.1, -0.05) is 60.7 Å². The molecule has 1 saturated heterocycles. The molecule has 1 aromatic heterocycles. The van der Waals surface area contributed by atoms with Gasteiger partial charge < -0.3 is 15.4 Å². The van der Waals surface area contributed by atoms with Gasteiger partial charge in [-0.05, 0) is 24.3 Å². The highest BCUT2D eigenvalue weighted by atomic mass is 32.1. The van der Waals surface area contributed by atoms with E-state index in [-0.39, 0.29) is 11.8 Å². The maximum Gasteiger partial charge on any atom is 0.268 e. The molecule has 1 fully saturated rings. The quantitative estimate of drug-likeness (QED) is 0.375. The predicted molar refractivity (Wildman–Crippen MR) is 143 cm³/mol. The molecule has 5 rings (SSSR count). The molecule has 3 aromatic carbocycles. The van der Waals surface area contributed by atoms with E-state index in [0.29, 0.717) is 41.7 Å². The van der Waals surface area contributed by atoms with Crippen LogP contribution >= 0.6 is 11.3 Å². The molecular weight excluding hydrogens is 472 g/mol. The highest BCUT2D eigenvalue weighted by Gasteiger charge is 2.20. The third-order valence-electron chi connectivity index (χ3n) is 5.80. The van der Waals surface area contributed by atoms with E-state index >= 15 is 0 Å². The molecular formula is C28H26N4O3S. The van der Waals surface area contributed by atoms with Crippen LogP contribution in [0.4, 0.5) is 11.4 Å². The number of carbonyl (C=O) groups excluding carboxylic acids is 2. The number of hydrogen-bond donors (Lipinski definition) is 2. The van der Waals surface area contributed by atoms with Gasteiger partial charge in [0.15, 0.2) is 0 Å². The summed E-state index contributed by atoms with van der Waals surface area (Å²) in [5.41, 5.74) is 3.83. The van der Waals surface area contributed by atoms with Gasteiger partial charge in [-0.3, -0.25) is 14.5 Å². The third-order valence-corrected chi connectivity index (χ3v) is 6.90. The average Bonchev–Trinajstić information content (AvgIpc) is 3.37. The normalized spacial score (nSPS) is 13.8. The van der Waals surface area contributed by atoms with E-state index in [2.05, 4.69) is 15.5 Å². The van der Waals surface area contributed by atoms with Crippen molar-refractivity contribution < 1.29 is 14.3 Å². The maximum absolute atomic E-state index is 13.3. The van der Waals surface area contributed by atoms with Crippen LogP contribution in [0.1, 0.15) is 9.67 Å². The molecule has 0 aliphatic carbocycles. The zero-order valence-electron chi connectivity index (χ0n) is 19.6. The molecule has 2 amide bonds. The zero-order valence-corrected chi connectivity index (χ0v) is 20.5. The minimum Gasteiger partial charge on any atom is -0.379 e. The summed E-state index contributed by atoms with van der Waals surface area (Å²) in [6.07, 6.45) is 0. The lowest BCUT2D eigenvalue weighted by molar-refractivity contribution is -0.118. The van der Waals surface area contributed by atoms with Gasteiger partial charge in [0.05, 0.1) is 25.5 Å². The Morgan fingerprint density at radius 1 is 0.806 bits per heavy atom. The van der Waals surface area contributed by atoms with E-state index in [1.54, 1.807) is 24.3 Å². The first-order valence-corrected chi connectivity index (χ1v) is 12.6. The number of carbonyl (C=O) groups is 2. The van der Waals surface area contributed by atoms with Crippen LogP contribution < -0.4 is 10.6 Å². The second kappa shape index (κ2) is 11.3. The van der Waals surface area contributed by atoms with Crippen molar-refractivity contribution in [2.75, 3.05) is 43.5 Å². The van der Waals surface area contributed by atoms with Crippen molar-refractivity contribution >= 4 is 34.5 Å². The molecule has 4 aromatic rings. The van der Waals surface area contributed by atoms with Crippen LogP contribution in [0.2, 0.25) is 0 Å². The summed E-state index contributed by atoms with van der Waals surface area (Å²) in [7, 11) is 0. The van der Waals surface area contributed by atoms with Crippen LogP contribution in [-0.4, -0.2) is 54.5 Å². The molecule has 2 heterocycles. The van der Waals surface area contributed by atoms with Crippen LogP contribution in [0, 0.1) is 0 Å². The fraction of sp³-hybridized carbons (Fsp3) is 0.179. The van der Waals surface area contributed by atoms with Crippen LogP contribution in [0.3, 0.4) is 0 Å². The Hall–Kier alpha value is -3.85. The van der Waals surface area contributed by atoms with Gasteiger partial charge in [-0.15, -0.1) is 11.3 Å². The van der Waals surface area contributed by atoms with Crippen molar-refractivity contribution in [2.24, 2.45) is 0 Å². The molecule has 0 unspecified atom stereocenters. The third kappa shape index (κ3) is 5.85. The van der Waals surface area contributed by atoms with E-state index in [0.717, 1.165) is 29.2 Å². The highest BCUT2D eigenvalue weighted by Crippen LogP contribution is 2.34. The standard InChI is InChI=1S/C28H26N4O3S/c33-24(19-32-15-17-35-18-16-32)29-22-11-13-23(14-12-22)30-27(34)26-25(20-7-3-1-4-8-20)31-28(36-26)21-9-5-2-6-10-21/h1-14H,15-19H2,(H,29,33)(H,30,34). The lowest BCUT2D eigenvalue weighted by atomic mass is 10.1. The van der Waals surface area contributed by atoms with Crippen LogP contribution in [0.15, 0.2) is 84.9 Å². The molecule has 2 N–H and O–H groups in total. The molecule has 182 valence electrons. The number of anilines is 2. The van der Waals surface area contributed by atoms with Gasteiger partial charge >= 0.3 is 0 Å². The molecule has 0 bridgehead atoms. The minimum absolute atomic E-state index is 0.0701. The summed E-state index contributed by atoms with van der Waals surface area (Å²) in [6, 6.07) is 26.7. The maximum atomic E-state index is 13.3. The fourth-order valence-electron chi connectivity index (χ4n) is 3.96. The molecule has 0 spiro atoms. The molecule has 7 nitrogen and oxygen atoms in total. The number of thiazole rings is 1. The Morgan fingerprint density at radius 2 is 1.39 bits per heavy atom. The number of ether oxygens (including phenoxy) is 1. The van der Waals surface area contributed by atoms with Crippen molar-refractivity contribution in [3.63, 3.8) is 0 Å². The fourth-order valence-corrected chi connectivity index (χ4v) is 4.95. The second-order valence-corrected chi connectivity index (χ2v) is 9.40. The molecule has 0 radical (unpaired) electrons. The average molecular weight is 499 g/mol. The van der Waals surface area contributed by atoms with E-state index in [1.807, 2.05) is 60.7 Å². The lowest BCUT2D eigenvalue weighted by Crippen LogP contribution is -2.41. The number of nitrogens with zero attached hydrogens (tertiary/aromatic N) is 2. The number of nitrogens with one attached hydrogen (secondary N) is 2. The van der Waals surface area contributed by atoms with Crippen molar-refractivity contribution in [3.05, 3.63) is 89.8 Å². The van der Waals surface area contributed by atoms with E-state index < -0.39 is 0 Å². The van der Waals surface area contributed by atoms with Gasteiger partial charge in [0.25, 0.3) is 5.91 Å². The first-order chi connectivity index (χ1) is 17.7. The monoisotopic (exact) mass is 498 g/mol. The van der Waals surface area contributed by atoms with Crippen molar-refractivity contribution in [3.8, 4) is 21.8 Å². The molecule has 0 atom stereocenters. The summed E-state index contributed by atoms with van der Waals surface area (Å²) in [4.78, 5) is 33.1. The topological polar surface area (TPSA) is 83.6 Å². The number of rotatable bonds is 7. The lowest BCUT2D eigenvalue weighted by Gasteiger charge is -2.25. The van der Waals surface area contributed by atoms with Crippen LogP contribution in [0.5, 0.6) is 0 Å². The van der Waals surface area contributed by atoms with Crippen molar-refractivity contribution in [1.29, 1.82) is 0 Å². The molecule has 1 aliphatic heterocycles. The Kier molecular flexibility index (Phi) is 7.47. The minimum atomic E-state index is -0.224. The number of morpholine rings is 1. The number of hydrogen-bond acceptors (Lipinski definition) is 6. The van der Waals surface area contributed by atoms with Gasteiger partial charge in [0.1, 0.15) is 9.88 Å². The molecule has 36 heavy (non-hydrogen) atoms. The summed E-state index contributed by atoms with van der Waals surface area (Å²) in [5.74, 6) is -0.295. The number of benzene rings is 3. The highest BCUT2D eigenvalue weighted by molar-refractivity contribution is 7.17. The summed E-state index contributed by atoms with van der Waals surface area (Å²) in [5, 5.41) is 6.68. The number of amides is 2. The van der Waals surface area contributed by atoms with Gasteiger partial charge in [-0.25, -0.2) is 4.98 Å². The smallest absolute Gasteiger partial charge is 0.268 e. The van der Waals surface area contributed by atoms with E-state index in [9.17, 15) is 9.59 Å². The van der Waals surface area contributed by atoms with Crippen molar-refractivity contribution in [2.45, 2.75) is 0 Å². The molecule has 0 saturated carbocycles. The first kappa shape index (κ1) is 23.9.